The maximum Gasteiger partial charge on any atom is 0.276 e. The summed E-state index contributed by atoms with van der Waals surface area (Å²) in [5, 5.41) is 0. The van der Waals surface area contributed by atoms with Crippen LogP contribution in [0.2, 0.25) is 0 Å². The molecule has 9 nitrogen and oxygen atoms in total. The van der Waals surface area contributed by atoms with Crippen molar-refractivity contribution in [1.29, 1.82) is 0 Å². The summed E-state index contributed by atoms with van der Waals surface area (Å²) < 4.78 is 38.7. The molecular weight excluding hydrogens is 470 g/mol. The summed E-state index contributed by atoms with van der Waals surface area (Å²) >= 11 is 0. The van der Waals surface area contributed by atoms with E-state index < -0.39 is 21.8 Å². The molecule has 2 amide bonds. The highest BCUT2D eigenvalue weighted by atomic mass is 32.2. The quantitative estimate of drug-likeness (QED) is 0.487. The van der Waals surface area contributed by atoms with Gasteiger partial charge in [0.05, 0.1) is 23.3 Å². The average molecular weight is 496 g/mol. The predicted octanol–water partition coefficient (Wildman–Crippen LogP) is 2.60. The Morgan fingerprint density at radius 1 is 0.971 bits per heavy atom. The first-order chi connectivity index (χ1) is 16.8. The second-order valence-corrected chi connectivity index (χ2v) is 9.74. The summed E-state index contributed by atoms with van der Waals surface area (Å²) in [7, 11) is -2.55. The van der Waals surface area contributed by atoms with Crippen LogP contribution >= 0.6 is 0 Å². The SMILES string of the molecule is COc1ccc(S(=O)(=O)N2CCc3ccccc32)cc1C(=O)NNC(=O)COc1ccccc1C. The molecule has 0 unspecified atom stereocenters. The highest BCUT2D eigenvalue weighted by Gasteiger charge is 2.31. The predicted molar refractivity (Wildman–Crippen MR) is 130 cm³/mol. The van der Waals surface area contributed by atoms with E-state index in [1.807, 2.05) is 31.2 Å². The van der Waals surface area contributed by atoms with Crippen LogP contribution in [0.5, 0.6) is 11.5 Å². The van der Waals surface area contributed by atoms with Gasteiger partial charge in [0.1, 0.15) is 11.5 Å². The van der Waals surface area contributed by atoms with Crippen molar-refractivity contribution in [1.82, 2.24) is 10.9 Å². The van der Waals surface area contributed by atoms with Crippen LogP contribution in [0, 0.1) is 6.92 Å². The van der Waals surface area contributed by atoms with Crippen molar-refractivity contribution in [2.75, 3.05) is 24.6 Å². The smallest absolute Gasteiger partial charge is 0.276 e. The van der Waals surface area contributed by atoms with Crippen molar-refractivity contribution in [3.8, 4) is 11.5 Å². The lowest BCUT2D eigenvalue weighted by molar-refractivity contribution is -0.123. The molecule has 10 heteroatoms. The Bertz CT molecular complexity index is 1370. The molecule has 1 heterocycles. The summed E-state index contributed by atoms with van der Waals surface area (Å²) in [5.74, 6) is -0.603. The zero-order valence-corrected chi connectivity index (χ0v) is 20.1. The van der Waals surface area contributed by atoms with Crippen LogP contribution < -0.4 is 24.6 Å². The van der Waals surface area contributed by atoms with Crippen LogP contribution in [0.4, 0.5) is 5.69 Å². The summed E-state index contributed by atoms with van der Waals surface area (Å²) in [4.78, 5) is 24.9. The van der Waals surface area contributed by atoms with E-state index in [4.69, 9.17) is 9.47 Å². The van der Waals surface area contributed by atoms with Gasteiger partial charge in [0.15, 0.2) is 6.61 Å². The lowest BCUT2D eigenvalue weighted by atomic mass is 10.2. The fourth-order valence-electron chi connectivity index (χ4n) is 3.80. The number of para-hydroxylation sites is 2. The molecule has 35 heavy (non-hydrogen) atoms. The molecule has 1 aliphatic heterocycles. The van der Waals surface area contributed by atoms with Crippen molar-refractivity contribution in [2.24, 2.45) is 0 Å². The Labute approximate surface area is 203 Å². The van der Waals surface area contributed by atoms with Gasteiger partial charge in [-0.2, -0.15) is 0 Å². The van der Waals surface area contributed by atoms with Gasteiger partial charge in [-0.05, 0) is 54.8 Å². The molecule has 0 radical (unpaired) electrons. The van der Waals surface area contributed by atoms with E-state index in [0.717, 1.165) is 11.1 Å². The fraction of sp³-hybridized carbons (Fsp3) is 0.200. The minimum absolute atomic E-state index is 0.0406. The maximum absolute atomic E-state index is 13.4. The Hall–Kier alpha value is -4.05. The second kappa shape index (κ2) is 10.1. The fourth-order valence-corrected chi connectivity index (χ4v) is 5.33. The number of anilines is 1. The summed E-state index contributed by atoms with van der Waals surface area (Å²) in [6, 6.07) is 18.6. The van der Waals surface area contributed by atoms with E-state index in [0.29, 0.717) is 24.4 Å². The first kappa shape index (κ1) is 24.1. The van der Waals surface area contributed by atoms with Gasteiger partial charge in [-0.1, -0.05) is 36.4 Å². The molecule has 0 aromatic heterocycles. The van der Waals surface area contributed by atoms with Crippen LogP contribution in [0.1, 0.15) is 21.5 Å². The largest absolute Gasteiger partial charge is 0.496 e. The van der Waals surface area contributed by atoms with Crippen molar-refractivity contribution in [3.05, 3.63) is 83.4 Å². The summed E-state index contributed by atoms with van der Waals surface area (Å²) in [5.41, 5.74) is 6.94. The minimum atomic E-state index is -3.92. The Morgan fingerprint density at radius 2 is 1.71 bits per heavy atom. The topological polar surface area (TPSA) is 114 Å². The number of hydrogen-bond donors (Lipinski definition) is 2. The van der Waals surface area contributed by atoms with Gasteiger partial charge in [0.25, 0.3) is 21.8 Å². The molecule has 0 atom stereocenters. The van der Waals surface area contributed by atoms with Gasteiger partial charge in [0, 0.05) is 6.54 Å². The Kier molecular flexibility index (Phi) is 6.92. The molecule has 0 saturated carbocycles. The molecule has 3 aromatic carbocycles. The molecule has 4 rings (SSSR count). The third-order valence-electron chi connectivity index (χ3n) is 5.62. The molecule has 3 aromatic rings. The Balaban J connectivity index is 1.47. The van der Waals surface area contributed by atoms with E-state index in [9.17, 15) is 18.0 Å². The number of hydrazine groups is 1. The van der Waals surface area contributed by atoms with Gasteiger partial charge in [-0.25, -0.2) is 8.42 Å². The van der Waals surface area contributed by atoms with E-state index in [1.165, 1.54) is 29.6 Å². The number of nitrogens with zero attached hydrogens (tertiary/aromatic N) is 1. The van der Waals surface area contributed by atoms with Gasteiger partial charge in [0.2, 0.25) is 0 Å². The summed E-state index contributed by atoms with van der Waals surface area (Å²) in [6.45, 7) is 1.85. The van der Waals surface area contributed by atoms with Gasteiger partial charge in [-0.15, -0.1) is 0 Å². The van der Waals surface area contributed by atoms with Crippen molar-refractivity contribution in [3.63, 3.8) is 0 Å². The van der Waals surface area contributed by atoms with Gasteiger partial charge < -0.3 is 9.47 Å². The number of benzene rings is 3. The highest BCUT2D eigenvalue weighted by Crippen LogP contribution is 2.33. The van der Waals surface area contributed by atoms with Gasteiger partial charge >= 0.3 is 0 Å². The number of sulfonamides is 1. The molecule has 0 saturated heterocycles. The van der Waals surface area contributed by atoms with Gasteiger partial charge in [-0.3, -0.25) is 24.7 Å². The molecule has 2 N–H and O–H groups in total. The van der Waals surface area contributed by atoms with E-state index in [2.05, 4.69) is 10.9 Å². The second-order valence-electron chi connectivity index (χ2n) is 7.87. The molecule has 1 aliphatic rings. The van der Waals surface area contributed by atoms with E-state index >= 15 is 0 Å². The number of fused-ring (bicyclic) bond motifs is 1. The number of carbonyl (C=O) groups excluding carboxylic acids is 2. The third kappa shape index (κ3) is 5.07. The van der Waals surface area contributed by atoms with E-state index in [1.54, 1.807) is 24.3 Å². The van der Waals surface area contributed by atoms with Crippen LogP contribution in [0.15, 0.2) is 71.6 Å². The number of carbonyl (C=O) groups is 2. The number of ether oxygens (including phenoxy) is 2. The standard InChI is InChI=1S/C25H25N3O6S/c1-17-7-3-6-10-22(17)34-16-24(29)26-27-25(30)20-15-19(11-12-23(20)33-2)35(31,32)28-14-13-18-8-4-5-9-21(18)28/h3-12,15H,13-14,16H2,1-2H3,(H,26,29)(H,27,30). The third-order valence-corrected chi connectivity index (χ3v) is 7.43. The number of aryl methyl sites for hydroxylation is 1. The number of amides is 2. The first-order valence-electron chi connectivity index (χ1n) is 10.9. The lowest BCUT2D eigenvalue weighted by Gasteiger charge is -2.20. The number of methoxy groups -OCH3 is 1. The maximum atomic E-state index is 13.4. The lowest BCUT2D eigenvalue weighted by Crippen LogP contribution is -2.44. The summed E-state index contributed by atoms with van der Waals surface area (Å²) in [6.07, 6.45) is 0.607. The zero-order chi connectivity index (χ0) is 25.0. The molecule has 0 spiro atoms. The van der Waals surface area contributed by atoms with Crippen LogP contribution in [-0.2, 0) is 21.2 Å². The number of rotatable bonds is 7. The molecule has 0 bridgehead atoms. The van der Waals surface area contributed by atoms with Crippen LogP contribution in [-0.4, -0.2) is 40.5 Å². The first-order valence-corrected chi connectivity index (χ1v) is 12.3. The minimum Gasteiger partial charge on any atom is -0.496 e. The molecule has 0 aliphatic carbocycles. The number of hydrogen-bond acceptors (Lipinski definition) is 6. The van der Waals surface area contributed by atoms with Crippen molar-refractivity contribution < 1.29 is 27.5 Å². The highest BCUT2D eigenvalue weighted by molar-refractivity contribution is 7.92. The van der Waals surface area contributed by atoms with Crippen molar-refractivity contribution in [2.45, 2.75) is 18.2 Å². The van der Waals surface area contributed by atoms with Crippen LogP contribution in [0.3, 0.4) is 0 Å². The molecular formula is C25H25N3O6S. The Morgan fingerprint density at radius 3 is 2.49 bits per heavy atom. The normalized spacial score (nSPS) is 12.6. The zero-order valence-electron chi connectivity index (χ0n) is 19.3. The van der Waals surface area contributed by atoms with Crippen molar-refractivity contribution >= 4 is 27.5 Å². The molecule has 182 valence electrons. The van der Waals surface area contributed by atoms with Crippen LogP contribution in [0.25, 0.3) is 0 Å². The number of nitrogens with one attached hydrogen (secondary N) is 2. The van der Waals surface area contributed by atoms with E-state index in [-0.39, 0.29) is 22.8 Å². The molecule has 0 fully saturated rings. The monoisotopic (exact) mass is 495 g/mol. The average Bonchev–Trinajstić information content (AvgIpc) is 3.31.